The first-order chi connectivity index (χ1) is 13.4. The van der Waals surface area contributed by atoms with Crippen molar-refractivity contribution in [3.63, 3.8) is 0 Å². The van der Waals surface area contributed by atoms with E-state index in [0.29, 0.717) is 45.9 Å². The van der Waals surface area contributed by atoms with Crippen molar-refractivity contribution in [1.82, 2.24) is 5.32 Å². The largest absolute Gasteiger partial charge is 0.324 e. The second kappa shape index (κ2) is 5.72. The van der Waals surface area contributed by atoms with E-state index < -0.39 is 5.54 Å². The van der Waals surface area contributed by atoms with E-state index in [1.807, 2.05) is 24.3 Å². The maximum atomic E-state index is 13.6. The van der Waals surface area contributed by atoms with Gasteiger partial charge in [0.25, 0.3) is 5.91 Å². The summed E-state index contributed by atoms with van der Waals surface area (Å²) in [5.41, 5.74) is 1.61. The van der Waals surface area contributed by atoms with Crippen LogP contribution in [-0.4, -0.2) is 23.5 Å². The van der Waals surface area contributed by atoms with E-state index in [1.54, 1.807) is 24.3 Å². The molecule has 3 aliphatic rings. The minimum absolute atomic E-state index is 0.155. The highest BCUT2D eigenvalue weighted by Gasteiger charge is 2.60. The maximum Gasteiger partial charge on any atom is 0.254 e. The summed E-state index contributed by atoms with van der Waals surface area (Å²) < 4.78 is 0. The van der Waals surface area contributed by atoms with Crippen LogP contribution in [0.1, 0.15) is 46.5 Å². The summed E-state index contributed by atoms with van der Waals surface area (Å²) in [5, 5.41) is 6.31. The molecule has 2 atom stereocenters. The summed E-state index contributed by atoms with van der Waals surface area (Å²) in [6.45, 7) is 4.14. The Kier molecular flexibility index (Phi) is 3.49. The zero-order chi connectivity index (χ0) is 19.6. The average molecular weight is 372 g/mol. The fourth-order valence-electron chi connectivity index (χ4n) is 4.80. The summed E-state index contributed by atoms with van der Waals surface area (Å²) in [6.07, 6.45) is 0.664. The Morgan fingerprint density at radius 3 is 2.29 bits per heavy atom. The third kappa shape index (κ3) is 2.02. The second-order valence-electron chi connectivity index (χ2n) is 8.07. The first-order valence-corrected chi connectivity index (χ1v) is 9.57. The smallest absolute Gasteiger partial charge is 0.254 e. The molecular weight excluding hydrogens is 352 g/mol. The van der Waals surface area contributed by atoms with Gasteiger partial charge in [-0.15, -0.1) is 0 Å². The van der Waals surface area contributed by atoms with Crippen LogP contribution in [0.3, 0.4) is 0 Å². The molecule has 0 aromatic heterocycles. The third-order valence-corrected chi connectivity index (χ3v) is 5.90. The second-order valence-corrected chi connectivity index (χ2v) is 8.07. The fraction of sp³-hybridized carbons (Fsp3) is 0.261. The molecule has 28 heavy (non-hydrogen) atoms. The highest BCUT2D eigenvalue weighted by molar-refractivity contribution is 6.32. The van der Waals surface area contributed by atoms with Crippen LogP contribution in [0, 0.1) is 5.92 Å². The third-order valence-electron chi connectivity index (χ3n) is 5.90. The van der Waals surface area contributed by atoms with Gasteiger partial charge in [0.05, 0.1) is 0 Å². The first kappa shape index (κ1) is 17.1. The molecule has 2 N–H and O–H groups in total. The number of amides is 1. The zero-order valence-electron chi connectivity index (χ0n) is 15.7. The van der Waals surface area contributed by atoms with Gasteiger partial charge in [0.1, 0.15) is 0 Å². The van der Waals surface area contributed by atoms with Crippen molar-refractivity contribution in [2.24, 2.45) is 5.92 Å². The number of carbonyl (C=O) groups is 3. The SMILES string of the molecule is CC(C)C[C@H]1N[C@]2(C(=O)Nc3ccccc32)C2=C1C(=O)c1ccccc1C2=O. The van der Waals surface area contributed by atoms with Gasteiger partial charge in [0, 0.05) is 39.6 Å². The van der Waals surface area contributed by atoms with Crippen molar-refractivity contribution in [1.29, 1.82) is 0 Å². The van der Waals surface area contributed by atoms with E-state index in [2.05, 4.69) is 24.5 Å². The topological polar surface area (TPSA) is 75.3 Å². The van der Waals surface area contributed by atoms with Gasteiger partial charge in [-0.2, -0.15) is 0 Å². The first-order valence-electron chi connectivity index (χ1n) is 9.57. The van der Waals surface area contributed by atoms with Crippen molar-refractivity contribution < 1.29 is 14.4 Å². The molecule has 1 spiro atoms. The summed E-state index contributed by atoms with van der Waals surface area (Å²) in [5.74, 6) is -0.401. The van der Waals surface area contributed by atoms with Crippen LogP contribution in [0.5, 0.6) is 0 Å². The number of anilines is 1. The number of hydrogen-bond donors (Lipinski definition) is 2. The number of hydrogen-bond acceptors (Lipinski definition) is 4. The van der Waals surface area contributed by atoms with E-state index in [0.717, 1.165) is 0 Å². The molecule has 0 fully saturated rings. The number of Topliss-reactive ketones (excluding diaryl/α,β-unsaturated/α-hetero) is 2. The van der Waals surface area contributed by atoms with Crippen molar-refractivity contribution in [2.75, 3.05) is 5.32 Å². The van der Waals surface area contributed by atoms with E-state index in [1.165, 1.54) is 0 Å². The van der Waals surface area contributed by atoms with Gasteiger partial charge >= 0.3 is 0 Å². The van der Waals surface area contributed by atoms with Crippen molar-refractivity contribution in [2.45, 2.75) is 31.8 Å². The fourth-order valence-corrected chi connectivity index (χ4v) is 4.80. The highest BCUT2D eigenvalue weighted by atomic mass is 16.2. The van der Waals surface area contributed by atoms with Gasteiger partial charge in [-0.3, -0.25) is 19.7 Å². The average Bonchev–Trinajstić information content (AvgIpc) is 3.16. The highest BCUT2D eigenvalue weighted by Crippen LogP contribution is 2.50. The van der Waals surface area contributed by atoms with Crippen molar-refractivity contribution in [3.8, 4) is 0 Å². The number of ketones is 2. The zero-order valence-corrected chi connectivity index (χ0v) is 15.7. The number of rotatable bonds is 2. The van der Waals surface area contributed by atoms with Crippen LogP contribution in [0.15, 0.2) is 59.7 Å². The molecule has 5 rings (SSSR count). The Labute approximate surface area is 162 Å². The summed E-state index contributed by atoms with van der Waals surface area (Å²) in [6, 6.07) is 13.9. The van der Waals surface area contributed by atoms with E-state index in [9.17, 15) is 14.4 Å². The summed E-state index contributed by atoms with van der Waals surface area (Å²) in [7, 11) is 0. The lowest BCUT2D eigenvalue weighted by Crippen LogP contribution is -2.50. The monoisotopic (exact) mass is 372 g/mol. The minimum Gasteiger partial charge on any atom is -0.324 e. The number of carbonyl (C=O) groups excluding carboxylic acids is 3. The predicted molar refractivity (Wildman–Crippen MR) is 105 cm³/mol. The molecule has 2 heterocycles. The molecule has 140 valence electrons. The maximum absolute atomic E-state index is 13.6. The Bertz CT molecular complexity index is 1100. The molecule has 5 nitrogen and oxygen atoms in total. The van der Waals surface area contributed by atoms with Gasteiger partial charge in [0.15, 0.2) is 17.1 Å². The van der Waals surface area contributed by atoms with Crippen LogP contribution >= 0.6 is 0 Å². The molecule has 0 unspecified atom stereocenters. The van der Waals surface area contributed by atoms with Gasteiger partial charge in [0.2, 0.25) is 0 Å². The molecule has 5 heteroatoms. The van der Waals surface area contributed by atoms with Gasteiger partial charge in [-0.1, -0.05) is 56.3 Å². The Morgan fingerprint density at radius 1 is 0.929 bits per heavy atom. The number of nitrogens with one attached hydrogen (secondary N) is 2. The Morgan fingerprint density at radius 2 is 1.57 bits per heavy atom. The predicted octanol–water partition coefficient (Wildman–Crippen LogP) is 3.23. The van der Waals surface area contributed by atoms with Crippen LogP contribution in [0.2, 0.25) is 0 Å². The molecule has 1 amide bonds. The number of benzene rings is 2. The molecule has 0 saturated heterocycles. The summed E-state index contributed by atoms with van der Waals surface area (Å²) in [4.78, 5) is 40.2. The van der Waals surface area contributed by atoms with Gasteiger partial charge in [-0.25, -0.2) is 0 Å². The van der Waals surface area contributed by atoms with Gasteiger partial charge < -0.3 is 5.32 Å². The van der Waals surface area contributed by atoms with Crippen molar-refractivity contribution in [3.05, 3.63) is 76.4 Å². The molecule has 2 aliphatic heterocycles. The molecule has 0 bridgehead atoms. The van der Waals surface area contributed by atoms with E-state index in [4.69, 9.17) is 0 Å². The standard InChI is InChI=1S/C23H20N2O3/c1-12(2)11-17-18-19(21(27)14-8-4-3-7-13(14)20(18)26)23(25-17)15-9-5-6-10-16(15)24-22(23)28/h3-10,12,17,25H,11H2,1-2H3,(H,24,28)/t17-,23+/m1/s1. The molecule has 2 aromatic carbocycles. The number of fused-ring (bicyclic) bond motifs is 4. The molecule has 0 radical (unpaired) electrons. The van der Waals surface area contributed by atoms with Crippen LogP contribution in [0.4, 0.5) is 5.69 Å². The van der Waals surface area contributed by atoms with Gasteiger partial charge in [-0.05, 0) is 18.4 Å². The van der Waals surface area contributed by atoms with E-state index >= 15 is 0 Å². The lowest BCUT2D eigenvalue weighted by Gasteiger charge is -2.28. The molecular formula is C23H20N2O3. The molecule has 2 aromatic rings. The lowest BCUT2D eigenvalue weighted by atomic mass is 9.74. The van der Waals surface area contributed by atoms with Crippen molar-refractivity contribution >= 4 is 23.2 Å². The quantitative estimate of drug-likeness (QED) is 0.849. The van der Waals surface area contributed by atoms with Crippen LogP contribution < -0.4 is 10.6 Å². The number of para-hydroxylation sites is 1. The van der Waals surface area contributed by atoms with Crippen LogP contribution in [0.25, 0.3) is 0 Å². The summed E-state index contributed by atoms with van der Waals surface area (Å²) >= 11 is 0. The minimum atomic E-state index is -1.31. The van der Waals surface area contributed by atoms with E-state index in [-0.39, 0.29) is 23.5 Å². The molecule has 1 aliphatic carbocycles. The molecule has 0 saturated carbocycles. The van der Waals surface area contributed by atoms with Crippen LogP contribution in [-0.2, 0) is 10.3 Å². The Hall–Kier alpha value is -3.05. The Balaban J connectivity index is 1.80. The normalized spacial score (nSPS) is 25.2. The lowest BCUT2D eigenvalue weighted by molar-refractivity contribution is -0.120.